The number of nitrogens with one attached hydrogen (secondary N) is 1. The fourth-order valence-electron chi connectivity index (χ4n) is 4.68. The van der Waals surface area contributed by atoms with Crippen LogP contribution in [0.2, 0.25) is 0 Å². The number of ketones is 1. The van der Waals surface area contributed by atoms with Gasteiger partial charge in [0.25, 0.3) is 0 Å². The van der Waals surface area contributed by atoms with Crippen LogP contribution >= 0.6 is 0 Å². The number of rotatable bonds is 1. The third-order valence-electron chi connectivity index (χ3n) is 6.03. The Labute approximate surface area is 151 Å². The first kappa shape index (κ1) is 15.3. The molecule has 0 radical (unpaired) electrons. The maximum atomic E-state index is 13.2. The highest BCUT2D eigenvalue weighted by atomic mass is 16.2. The zero-order chi connectivity index (χ0) is 17.9. The maximum absolute atomic E-state index is 13.2. The summed E-state index contributed by atoms with van der Waals surface area (Å²) in [6, 6.07) is 15.0. The van der Waals surface area contributed by atoms with E-state index in [1.807, 2.05) is 42.5 Å². The fourth-order valence-corrected chi connectivity index (χ4v) is 4.68. The minimum atomic E-state index is -0.658. The molecule has 1 spiro atoms. The van der Waals surface area contributed by atoms with Gasteiger partial charge in [0.2, 0.25) is 11.8 Å². The molecule has 3 aliphatic rings. The van der Waals surface area contributed by atoms with Gasteiger partial charge in [0.1, 0.15) is 0 Å². The van der Waals surface area contributed by atoms with Crippen molar-refractivity contribution in [2.24, 2.45) is 0 Å². The summed E-state index contributed by atoms with van der Waals surface area (Å²) in [5, 5.41) is 2.95. The van der Waals surface area contributed by atoms with Gasteiger partial charge >= 0.3 is 0 Å². The Bertz CT molecular complexity index is 967. The molecule has 0 saturated carbocycles. The topological polar surface area (TPSA) is 66.5 Å². The molecule has 0 bridgehead atoms. The number of fused-ring (bicyclic) bond motifs is 3. The first-order valence-electron chi connectivity index (χ1n) is 8.92. The van der Waals surface area contributed by atoms with E-state index in [1.165, 1.54) is 0 Å². The molecular formula is C21H18N2O3. The Morgan fingerprint density at radius 2 is 1.85 bits per heavy atom. The van der Waals surface area contributed by atoms with E-state index < -0.39 is 11.3 Å². The van der Waals surface area contributed by atoms with Gasteiger partial charge in [-0.1, -0.05) is 42.5 Å². The molecule has 2 heterocycles. The number of para-hydroxylation sites is 1. The molecule has 2 amide bonds. The van der Waals surface area contributed by atoms with E-state index in [2.05, 4.69) is 5.32 Å². The van der Waals surface area contributed by atoms with Crippen LogP contribution in [-0.4, -0.2) is 35.6 Å². The second kappa shape index (κ2) is 5.27. The summed E-state index contributed by atoms with van der Waals surface area (Å²) in [5.74, 6) is -0.473. The highest BCUT2D eigenvalue weighted by Crippen LogP contribution is 2.45. The Morgan fingerprint density at radius 1 is 1.08 bits per heavy atom. The minimum absolute atomic E-state index is 0.0248. The van der Waals surface area contributed by atoms with E-state index in [-0.39, 0.29) is 24.0 Å². The van der Waals surface area contributed by atoms with Crippen molar-refractivity contribution < 1.29 is 14.4 Å². The molecule has 5 nitrogen and oxygen atoms in total. The van der Waals surface area contributed by atoms with Gasteiger partial charge in [0.15, 0.2) is 5.78 Å². The summed E-state index contributed by atoms with van der Waals surface area (Å²) in [6.07, 6.45) is 0.842. The molecule has 1 fully saturated rings. The van der Waals surface area contributed by atoms with Crippen molar-refractivity contribution in [3.05, 3.63) is 65.2 Å². The van der Waals surface area contributed by atoms with Crippen molar-refractivity contribution in [2.75, 3.05) is 18.4 Å². The molecule has 1 aliphatic carbocycles. The largest absolute Gasteiger partial charge is 0.341 e. The zero-order valence-electron chi connectivity index (χ0n) is 14.2. The van der Waals surface area contributed by atoms with Gasteiger partial charge < -0.3 is 10.2 Å². The van der Waals surface area contributed by atoms with Gasteiger partial charge in [-0.2, -0.15) is 0 Å². The van der Waals surface area contributed by atoms with Crippen molar-refractivity contribution in [2.45, 2.75) is 24.2 Å². The smallest absolute Gasteiger partial charge is 0.236 e. The Hall–Kier alpha value is -2.95. The molecule has 26 heavy (non-hydrogen) atoms. The van der Waals surface area contributed by atoms with Crippen LogP contribution in [0.1, 0.15) is 40.2 Å². The van der Waals surface area contributed by atoms with Gasteiger partial charge in [0, 0.05) is 30.8 Å². The predicted molar refractivity (Wildman–Crippen MR) is 96.1 cm³/mol. The fraction of sp³-hybridized carbons (Fsp3) is 0.286. The standard InChI is InChI=1S/C21H18N2O3/c24-18-11-15(13-5-1-2-6-14(13)18)19(25)23-10-9-21(12-23)16-7-3-4-8-17(16)22-20(21)26/h1-8,15H,9-12H2,(H,22,26). The second-order valence-electron chi connectivity index (χ2n) is 7.36. The summed E-state index contributed by atoms with van der Waals surface area (Å²) >= 11 is 0. The van der Waals surface area contributed by atoms with Crippen molar-refractivity contribution in [1.29, 1.82) is 0 Å². The molecule has 0 aromatic heterocycles. The Balaban J connectivity index is 1.45. The molecule has 2 aromatic rings. The van der Waals surface area contributed by atoms with Gasteiger partial charge in [-0.3, -0.25) is 14.4 Å². The average molecular weight is 346 g/mol. The number of nitrogens with zero attached hydrogens (tertiary/aromatic N) is 1. The highest BCUT2D eigenvalue weighted by molar-refractivity contribution is 6.09. The van der Waals surface area contributed by atoms with Gasteiger partial charge in [0.05, 0.1) is 11.3 Å². The van der Waals surface area contributed by atoms with E-state index in [4.69, 9.17) is 0 Å². The summed E-state index contributed by atoms with van der Waals surface area (Å²) in [4.78, 5) is 39.8. The molecular weight excluding hydrogens is 328 g/mol. The number of carbonyl (C=O) groups excluding carboxylic acids is 3. The second-order valence-corrected chi connectivity index (χ2v) is 7.36. The number of anilines is 1. The van der Waals surface area contributed by atoms with E-state index in [0.29, 0.717) is 25.1 Å². The summed E-state index contributed by atoms with van der Waals surface area (Å²) < 4.78 is 0. The normalized spacial score (nSPS) is 26.2. The highest BCUT2D eigenvalue weighted by Gasteiger charge is 2.53. The molecule has 2 aromatic carbocycles. The molecule has 2 aliphatic heterocycles. The zero-order valence-corrected chi connectivity index (χ0v) is 14.2. The lowest BCUT2D eigenvalue weighted by Gasteiger charge is -2.24. The molecule has 2 atom stereocenters. The third-order valence-corrected chi connectivity index (χ3v) is 6.03. The van der Waals surface area contributed by atoms with Crippen LogP contribution in [0, 0.1) is 0 Å². The van der Waals surface area contributed by atoms with Gasteiger partial charge in [-0.05, 0) is 23.6 Å². The number of amides is 2. The lowest BCUT2D eigenvalue weighted by molar-refractivity contribution is -0.132. The SMILES string of the molecule is O=C1CC(C(=O)N2CCC3(C2)C(=O)Nc2ccccc23)c2ccccc21. The van der Waals surface area contributed by atoms with E-state index in [9.17, 15) is 14.4 Å². The molecule has 130 valence electrons. The third kappa shape index (κ3) is 1.94. The number of benzene rings is 2. The van der Waals surface area contributed by atoms with Crippen molar-refractivity contribution in [3.63, 3.8) is 0 Å². The Kier molecular flexibility index (Phi) is 3.11. The molecule has 5 heteroatoms. The van der Waals surface area contributed by atoms with Crippen LogP contribution in [0.25, 0.3) is 0 Å². The molecule has 1 N–H and O–H groups in total. The number of likely N-dealkylation sites (tertiary alicyclic amines) is 1. The molecule has 1 saturated heterocycles. The molecule has 5 rings (SSSR count). The summed E-state index contributed by atoms with van der Waals surface area (Å²) in [6.45, 7) is 0.912. The predicted octanol–water partition coefficient (Wildman–Crippen LogP) is 2.48. The quantitative estimate of drug-likeness (QED) is 0.863. The number of carbonyl (C=O) groups is 3. The first-order chi connectivity index (χ1) is 12.6. The monoisotopic (exact) mass is 346 g/mol. The van der Waals surface area contributed by atoms with E-state index >= 15 is 0 Å². The number of hydrogen-bond donors (Lipinski definition) is 1. The minimum Gasteiger partial charge on any atom is -0.341 e. The summed E-state index contributed by atoms with van der Waals surface area (Å²) in [7, 11) is 0. The van der Waals surface area contributed by atoms with Crippen molar-refractivity contribution in [3.8, 4) is 0 Å². The maximum Gasteiger partial charge on any atom is 0.236 e. The van der Waals surface area contributed by atoms with Crippen LogP contribution in [0.3, 0.4) is 0 Å². The Morgan fingerprint density at radius 3 is 2.73 bits per heavy atom. The van der Waals surface area contributed by atoms with Crippen LogP contribution in [-0.2, 0) is 15.0 Å². The lowest BCUT2D eigenvalue weighted by Crippen LogP contribution is -2.40. The van der Waals surface area contributed by atoms with E-state index in [1.54, 1.807) is 11.0 Å². The van der Waals surface area contributed by atoms with Crippen LogP contribution in [0.5, 0.6) is 0 Å². The summed E-state index contributed by atoms with van der Waals surface area (Å²) in [5.41, 5.74) is 2.63. The van der Waals surface area contributed by atoms with Crippen LogP contribution in [0.4, 0.5) is 5.69 Å². The molecule has 2 unspecified atom stereocenters. The number of hydrogen-bond acceptors (Lipinski definition) is 3. The number of Topliss-reactive ketones (excluding diaryl/α,β-unsaturated/α-hetero) is 1. The lowest BCUT2D eigenvalue weighted by atomic mass is 9.81. The average Bonchev–Trinajstić information content (AvgIpc) is 3.32. The van der Waals surface area contributed by atoms with Gasteiger partial charge in [-0.25, -0.2) is 0 Å². The van der Waals surface area contributed by atoms with Gasteiger partial charge in [-0.15, -0.1) is 0 Å². The van der Waals surface area contributed by atoms with Crippen molar-refractivity contribution in [1.82, 2.24) is 4.90 Å². The van der Waals surface area contributed by atoms with Crippen molar-refractivity contribution >= 4 is 23.3 Å². The van der Waals surface area contributed by atoms with Crippen LogP contribution < -0.4 is 5.32 Å². The first-order valence-corrected chi connectivity index (χ1v) is 8.92. The van der Waals surface area contributed by atoms with E-state index in [0.717, 1.165) is 16.8 Å². The van der Waals surface area contributed by atoms with Crippen LogP contribution in [0.15, 0.2) is 48.5 Å².